The quantitative estimate of drug-likeness (QED) is 0.642. The highest BCUT2D eigenvalue weighted by Crippen LogP contribution is 2.23. The Labute approximate surface area is 165 Å². The summed E-state index contributed by atoms with van der Waals surface area (Å²) in [6, 6.07) is 16.0. The van der Waals surface area contributed by atoms with E-state index in [-0.39, 0.29) is 5.97 Å². The van der Waals surface area contributed by atoms with Gasteiger partial charge in [-0.05, 0) is 49.7 Å². The third-order valence-electron chi connectivity index (χ3n) is 4.83. The molecule has 28 heavy (non-hydrogen) atoms. The molecule has 0 aliphatic heterocycles. The van der Waals surface area contributed by atoms with Crippen LogP contribution >= 0.6 is 0 Å². The zero-order chi connectivity index (χ0) is 20.1. The second kappa shape index (κ2) is 8.85. The van der Waals surface area contributed by atoms with Gasteiger partial charge in [-0.25, -0.2) is 9.78 Å². The standard InChI is InChI=1S/C23H26N2O3/c1-5-28-18-12-10-17(11-13-18)14-25(3)15-21-22(23(26)27-4)16(2)19-8-6-7-9-20(19)24-21/h6-13H,5,14-15H2,1-4H3/p+1. The summed E-state index contributed by atoms with van der Waals surface area (Å²) in [7, 11) is 3.51. The van der Waals surface area contributed by atoms with Gasteiger partial charge in [-0.1, -0.05) is 18.2 Å². The molecular formula is C23H27N2O3+. The van der Waals surface area contributed by atoms with Crippen LogP contribution in [0.3, 0.4) is 0 Å². The lowest BCUT2D eigenvalue weighted by Gasteiger charge is -2.18. The van der Waals surface area contributed by atoms with Crippen LogP contribution in [0.4, 0.5) is 0 Å². The van der Waals surface area contributed by atoms with Crippen molar-refractivity contribution in [2.24, 2.45) is 0 Å². The number of rotatable bonds is 7. The van der Waals surface area contributed by atoms with E-state index in [1.54, 1.807) is 0 Å². The predicted octanol–water partition coefficient (Wildman–Crippen LogP) is 2.94. The van der Waals surface area contributed by atoms with Crippen molar-refractivity contribution in [3.63, 3.8) is 0 Å². The van der Waals surface area contributed by atoms with Gasteiger partial charge in [0.1, 0.15) is 24.5 Å². The summed E-state index contributed by atoms with van der Waals surface area (Å²) in [5.41, 5.74) is 4.37. The molecule has 3 aromatic rings. The number of ether oxygens (including phenoxy) is 2. The van der Waals surface area contributed by atoms with Crippen LogP contribution < -0.4 is 9.64 Å². The van der Waals surface area contributed by atoms with Gasteiger partial charge in [-0.15, -0.1) is 0 Å². The molecule has 3 rings (SSSR count). The van der Waals surface area contributed by atoms with Gasteiger partial charge in [-0.2, -0.15) is 0 Å². The highest BCUT2D eigenvalue weighted by Gasteiger charge is 2.21. The second-order valence-corrected chi connectivity index (χ2v) is 6.95. The van der Waals surface area contributed by atoms with E-state index in [1.165, 1.54) is 17.6 Å². The van der Waals surface area contributed by atoms with E-state index in [2.05, 4.69) is 19.2 Å². The van der Waals surface area contributed by atoms with Gasteiger partial charge >= 0.3 is 5.97 Å². The Kier molecular flexibility index (Phi) is 6.26. The maximum Gasteiger partial charge on any atom is 0.340 e. The number of fused-ring (bicyclic) bond motifs is 1. The Morgan fingerprint density at radius 3 is 2.46 bits per heavy atom. The molecule has 2 aromatic carbocycles. The normalized spacial score (nSPS) is 12.0. The summed E-state index contributed by atoms with van der Waals surface area (Å²) in [5, 5.41) is 0.982. The second-order valence-electron chi connectivity index (χ2n) is 6.95. The highest BCUT2D eigenvalue weighted by molar-refractivity contribution is 5.98. The number of nitrogens with zero attached hydrogens (tertiary/aromatic N) is 1. The molecule has 0 radical (unpaired) electrons. The monoisotopic (exact) mass is 379 g/mol. The number of carbonyl (C=O) groups excluding carboxylic acids is 1. The lowest BCUT2D eigenvalue weighted by atomic mass is 10.0. The molecule has 5 nitrogen and oxygen atoms in total. The van der Waals surface area contributed by atoms with E-state index in [0.29, 0.717) is 18.7 Å². The minimum atomic E-state index is -0.334. The van der Waals surface area contributed by atoms with Crippen molar-refractivity contribution in [3.8, 4) is 5.75 Å². The molecule has 1 aromatic heterocycles. The fraction of sp³-hybridized carbons (Fsp3) is 0.304. The summed E-state index contributed by atoms with van der Waals surface area (Å²) >= 11 is 0. The van der Waals surface area contributed by atoms with Crippen LogP contribution in [0.25, 0.3) is 10.9 Å². The molecule has 0 spiro atoms. The van der Waals surface area contributed by atoms with Gasteiger partial charge in [0.2, 0.25) is 0 Å². The van der Waals surface area contributed by atoms with Gasteiger partial charge < -0.3 is 14.4 Å². The van der Waals surface area contributed by atoms with Gasteiger partial charge in [0.25, 0.3) is 0 Å². The molecule has 1 N–H and O–H groups in total. The van der Waals surface area contributed by atoms with E-state index in [0.717, 1.165) is 34.5 Å². The van der Waals surface area contributed by atoms with Crippen LogP contribution in [0.15, 0.2) is 48.5 Å². The SMILES string of the molecule is CCOc1ccc(C[NH+](C)Cc2nc3ccccc3c(C)c2C(=O)OC)cc1. The lowest BCUT2D eigenvalue weighted by Crippen LogP contribution is -3.06. The van der Waals surface area contributed by atoms with Gasteiger partial charge in [0.05, 0.1) is 31.8 Å². The van der Waals surface area contributed by atoms with Crippen LogP contribution in [-0.2, 0) is 17.8 Å². The van der Waals surface area contributed by atoms with Crippen LogP contribution in [0.2, 0.25) is 0 Å². The van der Waals surface area contributed by atoms with E-state index in [9.17, 15) is 4.79 Å². The fourth-order valence-corrected chi connectivity index (χ4v) is 3.51. The lowest BCUT2D eigenvalue weighted by molar-refractivity contribution is -0.908. The van der Waals surface area contributed by atoms with Gasteiger partial charge in [0.15, 0.2) is 0 Å². The number of benzene rings is 2. The molecule has 0 saturated carbocycles. The van der Waals surface area contributed by atoms with Crippen LogP contribution in [0, 0.1) is 6.92 Å². The van der Waals surface area contributed by atoms with Gasteiger partial charge in [0, 0.05) is 10.9 Å². The molecule has 0 amide bonds. The molecule has 0 saturated heterocycles. The number of aromatic nitrogens is 1. The Hall–Kier alpha value is -2.92. The fourth-order valence-electron chi connectivity index (χ4n) is 3.51. The average molecular weight is 379 g/mol. The number of hydrogen-bond acceptors (Lipinski definition) is 4. The number of nitrogens with one attached hydrogen (secondary N) is 1. The number of quaternary nitrogens is 1. The zero-order valence-corrected chi connectivity index (χ0v) is 16.9. The van der Waals surface area contributed by atoms with Crippen molar-refractivity contribution in [2.45, 2.75) is 26.9 Å². The van der Waals surface area contributed by atoms with E-state index in [1.807, 2.05) is 50.2 Å². The van der Waals surface area contributed by atoms with E-state index < -0.39 is 0 Å². The largest absolute Gasteiger partial charge is 0.494 e. The molecule has 1 atom stereocenters. The average Bonchev–Trinajstić information content (AvgIpc) is 2.69. The Balaban J connectivity index is 1.86. The first kappa shape index (κ1) is 19.8. The Morgan fingerprint density at radius 1 is 1.07 bits per heavy atom. The minimum absolute atomic E-state index is 0.334. The first-order valence-electron chi connectivity index (χ1n) is 9.53. The maximum atomic E-state index is 12.5. The Morgan fingerprint density at radius 2 is 1.79 bits per heavy atom. The maximum absolute atomic E-state index is 12.5. The molecule has 0 aliphatic carbocycles. The van der Waals surface area contributed by atoms with Crippen molar-refractivity contribution in [1.29, 1.82) is 0 Å². The number of esters is 1. The summed E-state index contributed by atoms with van der Waals surface area (Å²) in [4.78, 5) is 18.5. The molecule has 146 valence electrons. The van der Waals surface area contributed by atoms with E-state index >= 15 is 0 Å². The number of hydrogen-bond donors (Lipinski definition) is 1. The minimum Gasteiger partial charge on any atom is -0.494 e. The number of carbonyl (C=O) groups is 1. The molecule has 5 heteroatoms. The molecule has 0 aliphatic rings. The molecule has 0 fully saturated rings. The van der Waals surface area contributed by atoms with Crippen molar-refractivity contribution in [1.82, 2.24) is 4.98 Å². The van der Waals surface area contributed by atoms with E-state index in [4.69, 9.17) is 14.5 Å². The zero-order valence-electron chi connectivity index (χ0n) is 16.9. The topological polar surface area (TPSA) is 52.9 Å². The number of pyridine rings is 1. The number of methoxy groups -OCH3 is 1. The van der Waals surface area contributed by atoms with Crippen molar-refractivity contribution in [2.75, 3.05) is 20.8 Å². The van der Waals surface area contributed by atoms with Crippen LogP contribution in [0.5, 0.6) is 5.75 Å². The first-order chi connectivity index (χ1) is 13.5. The number of para-hydroxylation sites is 1. The summed E-state index contributed by atoms with van der Waals surface area (Å²) in [6.07, 6.45) is 0. The smallest absolute Gasteiger partial charge is 0.340 e. The third kappa shape index (κ3) is 4.31. The van der Waals surface area contributed by atoms with Crippen LogP contribution in [0.1, 0.15) is 34.1 Å². The van der Waals surface area contributed by atoms with Crippen LogP contribution in [-0.4, -0.2) is 31.7 Å². The molecule has 1 unspecified atom stereocenters. The summed E-state index contributed by atoms with van der Waals surface area (Å²) < 4.78 is 10.5. The summed E-state index contributed by atoms with van der Waals surface area (Å²) in [5.74, 6) is 0.545. The first-order valence-corrected chi connectivity index (χ1v) is 9.53. The number of aryl methyl sites for hydroxylation is 1. The molecule has 0 bridgehead atoms. The Bertz CT molecular complexity index is 967. The van der Waals surface area contributed by atoms with Crippen molar-refractivity contribution >= 4 is 16.9 Å². The predicted molar refractivity (Wildman–Crippen MR) is 110 cm³/mol. The van der Waals surface area contributed by atoms with Gasteiger partial charge in [-0.3, -0.25) is 0 Å². The summed E-state index contributed by atoms with van der Waals surface area (Å²) in [6.45, 7) is 6.04. The van der Waals surface area contributed by atoms with Crippen molar-refractivity contribution < 1.29 is 19.2 Å². The molecular weight excluding hydrogens is 352 g/mol. The van der Waals surface area contributed by atoms with Crippen molar-refractivity contribution in [3.05, 3.63) is 70.9 Å². The molecule has 1 heterocycles. The highest BCUT2D eigenvalue weighted by atomic mass is 16.5. The third-order valence-corrected chi connectivity index (χ3v) is 4.83.